The molecule has 66 valence electrons. The van der Waals surface area contributed by atoms with Crippen molar-refractivity contribution in [3.8, 4) is 0 Å². The Morgan fingerprint density at radius 2 is 2.45 bits per heavy atom. The largest absolute Gasteiger partial charge is 0.328 e. The van der Waals surface area contributed by atoms with Gasteiger partial charge in [0.2, 0.25) is 0 Å². The molecule has 0 spiro atoms. The Kier molecular flexibility index (Phi) is 3.19. The minimum atomic E-state index is -1.13. The fraction of sp³-hybridized carbons (Fsp3) is 1.00. The Hall–Kier alpha value is 0.240. The Morgan fingerprint density at radius 1 is 1.73 bits per heavy atom. The van der Waals surface area contributed by atoms with Gasteiger partial charge in [0.15, 0.2) is 0 Å². The first kappa shape index (κ1) is 9.33. The van der Waals surface area contributed by atoms with Crippen molar-refractivity contribution in [1.82, 2.24) is 0 Å². The van der Waals surface area contributed by atoms with Gasteiger partial charge in [-0.25, -0.2) is 4.39 Å². The third-order valence-corrected chi connectivity index (χ3v) is 3.63. The maximum Gasteiger partial charge on any atom is 0.124 e. The number of nitrogens with two attached hydrogens (primary N) is 1. The van der Waals surface area contributed by atoms with Crippen LogP contribution in [0.25, 0.3) is 0 Å². The molecular weight excluding hydrogens is 161 g/mol. The van der Waals surface area contributed by atoms with Crippen molar-refractivity contribution in [3.05, 3.63) is 0 Å². The summed E-state index contributed by atoms with van der Waals surface area (Å²) in [5.41, 5.74) is 4.22. The summed E-state index contributed by atoms with van der Waals surface area (Å²) in [6, 6.07) is 0. The highest BCUT2D eigenvalue weighted by molar-refractivity contribution is 7.99. The zero-order valence-electron chi connectivity index (χ0n) is 6.98. The molecule has 1 saturated heterocycles. The van der Waals surface area contributed by atoms with E-state index < -0.39 is 5.67 Å². The van der Waals surface area contributed by atoms with Crippen LogP contribution in [-0.4, -0.2) is 23.7 Å². The van der Waals surface area contributed by atoms with E-state index in [0.29, 0.717) is 0 Å². The minimum absolute atomic E-state index is 0.165. The summed E-state index contributed by atoms with van der Waals surface area (Å²) in [7, 11) is 0. The second-order valence-electron chi connectivity index (χ2n) is 3.40. The van der Waals surface area contributed by atoms with Crippen molar-refractivity contribution in [2.24, 2.45) is 11.7 Å². The van der Waals surface area contributed by atoms with Crippen LogP contribution >= 0.6 is 11.8 Å². The van der Waals surface area contributed by atoms with E-state index in [9.17, 15) is 4.39 Å². The molecule has 0 bridgehead atoms. The summed E-state index contributed by atoms with van der Waals surface area (Å²) in [6.07, 6.45) is 2.16. The van der Waals surface area contributed by atoms with Crippen LogP contribution in [0.5, 0.6) is 0 Å². The molecule has 0 aromatic heterocycles. The third kappa shape index (κ3) is 2.34. The molecular formula is C8H16FNS. The van der Waals surface area contributed by atoms with Gasteiger partial charge in [0.1, 0.15) is 5.67 Å². The van der Waals surface area contributed by atoms with E-state index in [1.54, 1.807) is 6.92 Å². The van der Waals surface area contributed by atoms with Crippen molar-refractivity contribution in [2.45, 2.75) is 25.4 Å². The van der Waals surface area contributed by atoms with E-state index in [0.717, 1.165) is 18.6 Å². The van der Waals surface area contributed by atoms with Crippen LogP contribution in [-0.2, 0) is 0 Å². The van der Waals surface area contributed by atoms with Gasteiger partial charge in [0, 0.05) is 12.5 Å². The van der Waals surface area contributed by atoms with Crippen LogP contribution in [0.4, 0.5) is 4.39 Å². The average Bonchev–Trinajstić information content (AvgIpc) is 2.06. The van der Waals surface area contributed by atoms with Crippen molar-refractivity contribution >= 4 is 11.8 Å². The summed E-state index contributed by atoms with van der Waals surface area (Å²) in [5, 5.41) is 0. The van der Waals surface area contributed by atoms with E-state index >= 15 is 0 Å². The van der Waals surface area contributed by atoms with Gasteiger partial charge in [-0.3, -0.25) is 0 Å². The second-order valence-corrected chi connectivity index (χ2v) is 4.55. The van der Waals surface area contributed by atoms with Gasteiger partial charge in [-0.2, -0.15) is 11.8 Å². The lowest BCUT2D eigenvalue weighted by atomic mass is 9.88. The lowest BCUT2D eigenvalue weighted by molar-refractivity contribution is 0.117. The molecule has 1 aliphatic heterocycles. The minimum Gasteiger partial charge on any atom is -0.328 e. The summed E-state index contributed by atoms with van der Waals surface area (Å²) in [4.78, 5) is 0. The number of alkyl halides is 1. The van der Waals surface area contributed by atoms with Crippen LogP contribution < -0.4 is 5.73 Å². The standard InChI is InChI=1S/C8H16FNS/c1-8(9,6-10)7-3-2-4-11-5-7/h7H,2-6,10H2,1H3. The Labute approximate surface area is 71.9 Å². The first-order valence-electron chi connectivity index (χ1n) is 4.13. The van der Waals surface area contributed by atoms with E-state index in [1.165, 1.54) is 5.75 Å². The third-order valence-electron chi connectivity index (χ3n) is 2.41. The Bertz CT molecular complexity index is 121. The molecule has 2 atom stereocenters. The van der Waals surface area contributed by atoms with Crippen LogP contribution in [0.1, 0.15) is 19.8 Å². The maximum atomic E-state index is 13.6. The van der Waals surface area contributed by atoms with Crippen molar-refractivity contribution in [2.75, 3.05) is 18.1 Å². The quantitative estimate of drug-likeness (QED) is 0.696. The highest BCUT2D eigenvalue weighted by Gasteiger charge is 2.33. The molecule has 2 unspecified atom stereocenters. The molecule has 2 N–H and O–H groups in total. The van der Waals surface area contributed by atoms with Crippen molar-refractivity contribution in [1.29, 1.82) is 0 Å². The molecule has 0 amide bonds. The van der Waals surface area contributed by atoms with Crippen molar-refractivity contribution < 1.29 is 4.39 Å². The molecule has 1 nitrogen and oxygen atoms in total. The number of hydrogen-bond acceptors (Lipinski definition) is 2. The highest BCUT2D eigenvalue weighted by atomic mass is 32.2. The normalized spacial score (nSPS) is 31.4. The molecule has 1 aliphatic rings. The van der Waals surface area contributed by atoms with E-state index in [2.05, 4.69) is 0 Å². The lowest BCUT2D eigenvalue weighted by Crippen LogP contribution is -2.40. The molecule has 11 heavy (non-hydrogen) atoms. The fourth-order valence-electron chi connectivity index (χ4n) is 1.38. The first-order chi connectivity index (χ1) is 5.17. The number of hydrogen-bond donors (Lipinski definition) is 1. The van der Waals surface area contributed by atoms with Gasteiger partial charge in [0.05, 0.1) is 0 Å². The number of rotatable bonds is 2. The number of halogens is 1. The topological polar surface area (TPSA) is 26.0 Å². The molecule has 1 rings (SSSR count). The smallest absolute Gasteiger partial charge is 0.124 e. The van der Waals surface area contributed by atoms with E-state index in [-0.39, 0.29) is 12.5 Å². The van der Waals surface area contributed by atoms with Gasteiger partial charge >= 0.3 is 0 Å². The fourth-order valence-corrected chi connectivity index (χ4v) is 2.72. The summed E-state index contributed by atoms with van der Waals surface area (Å²) in [5.74, 6) is 2.33. The summed E-state index contributed by atoms with van der Waals surface area (Å²) >= 11 is 1.85. The molecule has 0 saturated carbocycles. The predicted molar refractivity (Wildman–Crippen MR) is 48.6 cm³/mol. The molecule has 0 aliphatic carbocycles. The Balaban J connectivity index is 2.43. The maximum absolute atomic E-state index is 13.6. The first-order valence-corrected chi connectivity index (χ1v) is 5.29. The molecule has 3 heteroatoms. The SMILES string of the molecule is CC(F)(CN)C1CCCSC1. The van der Waals surface area contributed by atoms with Crippen LogP contribution in [0.3, 0.4) is 0 Å². The van der Waals surface area contributed by atoms with Gasteiger partial charge < -0.3 is 5.73 Å². The van der Waals surface area contributed by atoms with Gasteiger partial charge in [-0.05, 0) is 31.3 Å². The van der Waals surface area contributed by atoms with Gasteiger partial charge in [-0.1, -0.05) is 0 Å². The van der Waals surface area contributed by atoms with Crippen molar-refractivity contribution in [3.63, 3.8) is 0 Å². The molecule has 0 radical (unpaired) electrons. The zero-order valence-corrected chi connectivity index (χ0v) is 7.79. The summed E-state index contributed by atoms with van der Waals surface area (Å²) < 4.78 is 13.6. The molecule has 1 heterocycles. The highest BCUT2D eigenvalue weighted by Crippen LogP contribution is 2.32. The number of thioether (sulfide) groups is 1. The monoisotopic (exact) mass is 177 g/mol. The zero-order chi connectivity index (χ0) is 8.32. The average molecular weight is 177 g/mol. The molecule has 0 aromatic carbocycles. The lowest BCUT2D eigenvalue weighted by Gasteiger charge is -2.31. The van der Waals surface area contributed by atoms with Gasteiger partial charge in [-0.15, -0.1) is 0 Å². The van der Waals surface area contributed by atoms with Crippen LogP contribution in [0.15, 0.2) is 0 Å². The Morgan fingerprint density at radius 3 is 2.91 bits per heavy atom. The molecule has 1 fully saturated rings. The predicted octanol–water partition coefficient (Wildman–Crippen LogP) is 1.82. The second kappa shape index (κ2) is 3.76. The molecule has 0 aromatic rings. The van der Waals surface area contributed by atoms with Crippen LogP contribution in [0, 0.1) is 5.92 Å². The summed E-state index contributed by atoms with van der Waals surface area (Å²) in [6.45, 7) is 1.79. The van der Waals surface area contributed by atoms with E-state index in [4.69, 9.17) is 5.73 Å². The van der Waals surface area contributed by atoms with Gasteiger partial charge in [0.25, 0.3) is 0 Å². The van der Waals surface area contributed by atoms with Crippen LogP contribution in [0.2, 0.25) is 0 Å². The van der Waals surface area contributed by atoms with E-state index in [1.807, 2.05) is 11.8 Å².